The Bertz CT molecular complexity index is 58.2. The van der Waals surface area contributed by atoms with Gasteiger partial charge in [0.25, 0.3) is 0 Å². The van der Waals surface area contributed by atoms with E-state index in [-0.39, 0.29) is 125 Å². The van der Waals surface area contributed by atoms with Crippen molar-refractivity contribution < 1.29 is 144 Å². The molecule has 0 rings (SSSR count). The first-order valence-electron chi connectivity index (χ1n) is 0.748. The molecular formula is H9K2O8P. The summed E-state index contributed by atoms with van der Waals surface area (Å²) in [4.78, 5) is 24.3. The molecule has 11 heteroatoms. The van der Waals surface area contributed by atoms with Gasteiger partial charge in [0.1, 0.15) is 0 Å². The number of phosphoric acid groups is 1. The van der Waals surface area contributed by atoms with E-state index in [2.05, 4.69) is 0 Å². The molecule has 0 saturated heterocycles. The summed E-state index contributed by atoms with van der Waals surface area (Å²) in [5.74, 6) is 0. The smallest absolute Gasteiger partial charge is 0.790 e. The van der Waals surface area contributed by atoms with Crippen molar-refractivity contribution in [2.24, 2.45) is 0 Å². The minimum absolute atomic E-state index is 0. The summed E-state index contributed by atoms with van der Waals surface area (Å²) < 4.78 is 8.66. The van der Waals surface area contributed by atoms with Gasteiger partial charge in [0.15, 0.2) is 0 Å². The summed E-state index contributed by atoms with van der Waals surface area (Å²) >= 11 is 0. The Morgan fingerprint density at radius 3 is 0.909 bits per heavy atom. The maximum atomic E-state index is 8.66. The van der Waals surface area contributed by atoms with Crippen LogP contribution in [0, 0.1) is 0 Å². The molecule has 0 aliphatic heterocycles. The molecule has 11 heavy (non-hydrogen) atoms. The summed E-state index contributed by atoms with van der Waals surface area (Å²) in [6, 6.07) is 0. The molecule has 0 radical (unpaired) electrons. The van der Waals surface area contributed by atoms with Crippen molar-refractivity contribution in [2.75, 3.05) is 0 Å². The van der Waals surface area contributed by atoms with E-state index in [1.54, 1.807) is 0 Å². The zero-order valence-corrected chi connectivity index (χ0v) is 13.3. The fourth-order valence-corrected chi connectivity index (χ4v) is 0. The quantitative estimate of drug-likeness (QED) is 0.325. The Hall–Kier alpha value is 3.22. The van der Waals surface area contributed by atoms with Gasteiger partial charge >= 0.3 is 103 Å². The van der Waals surface area contributed by atoms with E-state index in [0.717, 1.165) is 0 Å². The first kappa shape index (κ1) is 47.7. The second-order valence-corrected chi connectivity index (χ2v) is 1.41. The van der Waals surface area contributed by atoms with E-state index in [1.807, 2.05) is 0 Å². The SMILES string of the molecule is O.O.O.O.O=P([O-])([O-])O.[K+].[K+]. The van der Waals surface area contributed by atoms with Crippen LogP contribution in [0.25, 0.3) is 0 Å². The zero-order chi connectivity index (χ0) is 4.50. The predicted octanol–water partition coefficient (Wildman–Crippen LogP) is -11.5. The van der Waals surface area contributed by atoms with Gasteiger partial charge in [-0.3, -0.25) is 0 Å². The molecule has 0 unspecified atom stereocenters. The van der Waals surface area contributed by atoms with Gasteiger partial charge in [-0.1, -0.05) is 0 Å². The zero-order valence-electron chi connectivity index (χ0n) is 6.12. The number of rotatable bonds is 0. The molecule has 0 aromatic carbocycles. The molecule has 9 N–H and O–H groups in total. The third kappa shape index (κ3) is 160. The molecule has 0 fully saturated rings. The minimum atomic E-state index is -5.14. The molecule has 0 spiro atoms. The van der Waals surface area contributed by atoms with Crippen LogP contribution in [-0.4, -0.2) is 26.8 Å². The summed E-state index contributed by atoms with van der Waals surface area (Å²) in [5.41, 5.74) is 0. The Labute approximate surface area is 148 Å². The van der Waals surface area contributed by atoms with Crippen LogP contribution < -0.4 is 113 Å². The van der Waals surface area contributed by atoms with Crippen molar-refractivity contribution in [1.82, 2.24) is 0 Å². The summed E-state index contributed by atoms with van der Waals surface area (Å²) in [5, 5.41) is 0. The van der Waals surface area contributed by atoms with Gasteiger partial charge in [0.2, 0.25) is 0 Å². The van der Waals surface area contributed by atoms with E-state index in [9.17, 15) is 0 Å². The van der Waals surface area contributed by atoms with Crippen molar-refractivity contribution in [3.05, 3.63) is 0 Å². The van der Waals surface area contributed by atoms with Crippen molar-refractivity contribution in [1.29, 1.82) is 0 Å². The summed E-state index contributed by atoms with van der Waals surface area (Å²) in [6.45, 7) is 0. The van der Waals surface area contributed by atoms with Crippen LogP contribution in [0.3, 0.4) is 0 Å². The second-order valence-electron chi connectivity index (χ2n) is 0.469. The van der Waals surface area contributed by atoms with E-state index >= 15 is 0 Å². The minimum Gasteiger partial charge on any atom is -0.790 e. The number of hydrogen-bond acceptors (Lipinski definition) is 3. The van der Waals surface area contributed by atoms with Crippen LogP contribution in [0.15, 0.2) is 0 Å². The van der Waals surface area contributed by atoms with Gasteiger partial charge in [-0.15, -0.1) is 0 Å². The maximum absolute atomic E-state index is 8.66. The van der Waals surface area contributed by atoms with Crippen LogP contribution in [0.5, 0.6) is 0 Å². The maximum Gasteiger partial charge on any atom is 1.00 e. The molecule has 0 amide bonds. The average Bonchev–Trinajstić information content (AvgIpc) is 0.722. The van der Waals surface area contributed by atoms with Crippen molar-refractivity contribution in [2.45, 2.75) is 0 Å². The standard InChI is InChI=1S/2K.H3O4P.4H2O/c;;1-5(2,3)4;;;;/h;;(H3,1,2,3,4);4*1H2/q2*+1;;;;;/p-2. The molecule has 0 aliphatic carbocycles. The van der Waals surface area contributed by atoms with Crippen LogP contribution in [0.4, 0.5) is 0 Å². The predicted molar refractivity (Wildman–Crippen MR) is 24.3 cm³/mol. The van der Waals surface area contributed by atoms with E-state index in [4.69, 9.17) is 19.2 Å². The summed E-state index contributed by atoms with van der Waals surface area (Å²) in [6.07, 6.45) is 0. The van der Waals surface area contributed by atoms with E-state index < -0.39 is 7.82 Å². The molecule has 0 aliphatic rings. The molecule has 0 aromatic rings. The fourth-order valence-electron chi connectivity index (χ4n) is 0. The van der Waals surface area contributed by atoms with Gasteiger partial charge in [-0.05, 0) is 0 Å². The third-order valence-electron chi connectivity index (χ3n) is 0. The van der Waals surface area contributed by atoms with Crippen molar-refractivity contribution >= 4 is 7.82 Å². The first-order chi connectivity index (χ1) is 2.00. The van der Waals surface area contributed by atoms with Gasteiger partial charge in [0, 0.05) is 0 Å². The van der Waals surface area contributed by atoms with Crippen LogP contribution in [0.2, 0.25) is 0 Å². The Morgan fingerprint density at radius 2 is 0.909 bits per heavy atom. The first-order valence-corrected chi connectivity index (χ1v) is 2.24. The topological polar surface area (TPSA) is 209 Å². The van der Waals surface area contributed by atoms with Crippen molar-refractivity contribution in [3.8, 4) is 0 Å². The molecule has 8 nitrogen and oxygen atoms in total. The molecule has 0 atom stereocenters. The molecule has 0 saturated carbocycles. The Balaban J connectivity index is -0.00000000533. The molecule has 0 heterocycles. The van der Waals surface area contributed by atoms with E-state index in [0.29, 0.717) is 0 Å². The van der Waals surface area contributed by atoms with Gasteiger partial charge < -0.3 is 41.2 Å². The monoisotopic (exact) mass is 246 g/mol. The Kier molecular flexibility index (Phi) is 101. The van der Waals surface area contributed by atoms with Crippen LogP contribution in [0.1, 0.15) is 0 Å². The Morgan fingerprint density at radius 1 is 0.909 bits per heavy atom. The molecule has 64 valence electrons. The van der Waals surface area contributed by atoms with Gasteiger partial charge in [-0.25, -0.2) is 0 Å². The normalized spacial score (nSPS) is 5.36. The molecule has 0 aromatic heterocycles. The largest absolute Gasteiger partial charge is 1.00 e. The van der Waals surface area contributed by atoms with Gasteiger partial charge in [0.05, 0.1) is 7.82 Å². The number of hydrogen-bond donors (Lipinski definition) is 1. The van der Waals surface area contributed by atoms with E-state index in [1.165, 1.54) is 0 Å². The molecular weight excluding hydrogens is 237 g/mol. The molecule has 0 bridgehead atoms. The fraction of sp³-hybridized carbons (Fsp3) is 0. The second kappa shape index (κ2) is 23.2. The third-order valence-corrected chi connectivity index (χ3v) is 0. The van der Waals surface area contributed by atoms with Crippen molar-refractivity contribution in [3.63, 3.8) is 0 Å². The average molecular weight is 246 g/mol. The van der Waals surface area contributed by atoms with Crippen LogP contribution in [-0.2, 0) is 4.57 Å². The van der Waals surface area contributed by atoms with Gasteiger partial charge in [-0.2, -0.15) is 0 Å². The van der Waals surface area contributed by atoms with Crippen LogP contribution >= 0.6 is 7.82 Å². The summed E-state index contributed by atoms with van der Waals surface area (Å²) in [7, 11) is -5.14.